The minimum absolute atomic E-state index is 0.113. The van der Waals surface area contributed by atoms with Gasteiger partial charge in [-0.15, -0.1) is 0 Å². The molecular weight excluding hydrogens is 339 g/mol. The second kappa shape index (κ2) is 7.09. The molecule has 0 radical (unpaired) electrons. The lowest BCUT2D eigenvalue weighted by molar-refractivity contribution is 0.0789. The van der Waals surface area contributed by atoms with Crippen LogP contribution in [0.2, 0.25) is 0 Å². The van der Waals surface area contributed by atoms with E-state index >= 15 is 0 Å². The minimum atomic E-state index is 0.113. The van der Waals surface area contributed by atoms with Crippen LogP contribution in [0.4, 0.5) is 0 Å². The number of benzene rings is 1. The van der Waals surface area contributed by atoms with E-state index in [2.05, 4.69) is 27.5 Å². The molecule has 0 heterocycles. The van der Waals surface area contributed by atoms with Gasteiger partial charge in [0.1, 0.15) is 0 Å². The highest BCUT2D eigenvalue weighted by Gasteiger charge is 2.15. The molecule has 4 heteroatoms. The molecule has 1 aromatic carbocycles. The number of halogens is 1. The van der Waals surface area contributed by atoms with Crippen molar-refractivity contribution < 1.29 is 4.79 Å². The summed E-state index contributed by atoms with van der Waals surface area (Å²) in [6, 6.07) is 5.88. The summed E-state index contributed by atoms with van der Waals surface area (Å²) in [7, 11) is 5.97. The van der Waals surface area contributed by atoms with Crippen molar-refractivity contribution in [3.8, 4) is 0 Å². The Bertz CT molecular complexity index is 418. The first-order valence-electron chi connectivity index (χ1n) is 6.08. The molecule has 1 aromatic rings. The number of amides is 1. The lowest BCUT2D eigenvalue weighted by Crippen LogP contribution is -2.30. The van der Waals surface area contributed by atoms with Crippen LogP contribution in [-0.4, -0.2) is 49.9 Å². The highest BCUT2D eigenvalue weighted by Crippen LogP contribution is 2.18. The molecule has 0 N–H and O–H groups in total. The third-order valence-electron chi connectivity index (χ3n) is 2.87. The van der Waals surface area contributed by atoms with Crippen LogP contribution >= 0.6 is 22.6 Å². The SMILES string of the molecule is Cc1cccc(C(=O)N(C)CCCN(C)C)c1I. The van der Waals surface area contributed by atoms with Crippen molar-refractivity contribution in [1.82, 2.24) is 9.80 Å². The molecule has 0 spiro atoms. The number of rotatable bonds is 5. The normalized spacial score (nSPS) is 10.8. The lowest BCUT2D eigenvalue weighted by atomic mass is 10.1. The van der Waals surface area contributed by atoms with E-state index in [9.17, 15) is 4.79 Å². The molecule has 1 amide bonds. The molecule has 0 unspecified atom stereocenters. The van der Waals surface area contributed by atoms with Crippen LogP contribution in [0, 0.1) is 10.5 Å². The number of carbonyl (C=O) groups excluding carboxylic acids is 1. The van der Waals surface area contributed by atoms with Crippen molar-refractivity contribution in [3.63, 3.8) is 0 Å². The first kappa shape index (κ1) is 15.4. The van der Waals surface area contributed by atoms with Gasteiger partial charge in [-0.25, -0.2) is 0 Å². The summed E-state index contributed by atoms with van der Waals surface area (Å²) in [5.74, 6) is 0.113. The summed E-state index contributed by atoms with van der Waals surface area (Å²) < 4.78 is 1.06. The maximum absolute atomic E-state index is 12.3. The Labute approximate surface area is 123 Å². The van der Waals surface area contributed by atoms with Crippen LogP contribution in [0.25, 0.3) is 0 Å². The Balaban J connectivity index is 2.66. The zero-order valence-electron chi connectivity index (χ0n) is 11.5. The van der Waals surface area contributed by atoms with E-state index < -0.39 is 0 Å². The smallest absolute Gasteiger partial charge is 0.254 e. The lowest BCUT2D eigenvalue weighted by Gasteiger charge is -2.19. The van der Waals surface area contributed by atoms with Gasteiger partial charge in [0.05, 0.1) is 5.56 Å². The molecule has 100 valence electrons. The third-order valence-corrected chi connectivity index (χ3v) is 4.30. The number of carbonyl (C=O) groups is 1. The third kappa shape index (κ3) is 4.24. The first-order valence-corrected chi connectivity index (χ1v) is 7.16. The van der Waals surface area contributed by atoms with Gasteiger partial charge < -0.3 is 9.80 Å². The highest BCUT2D eigenvalue weighted by atomic mass is 127. The van der Waals surface area contributed by atoms with E-state index in [0.717, 1.165) is 34.2 Å². The second-order valence-electron chi connectivity index (χ2n) is 4.82. The van der Waals surface area contributed by atoms with Crippen LogP contribution in [0.1, 0.15) is 22.3 Å². The van der Waals surface area contributed by atoms with Crippen molar-refractivity contribution >= 4 is 28.5 Å². The number of hydrogen-bond donors (Lipinski definition) is 0. The zero-order valence-corrected chi connectivity index (χ0v) is 13.7. The quantitative estimate of drug-likeness (QED) is 0.754. The van der Waals surface area contributed by atoms with Gasteiger partial charge in [-0.1, -0.05) is 12.1 Å². The maximum Gasteiger partial charge on any atom is 0.254 e. The van der Waals surface area contributed by atoms with Gasteiger partial charge in [0.25, 0.3) is 5.91 Å². The van der Waals surface area contributed by atoms with E-state index in [1.165, 1.54) is 0 Å². The fourth-order valence-electron chi connectivity index (χ4n) is 1.74. The van der Waals surface area contributed by atoms with Gasteiger partial charge in [-0.3, -0.25) is 4.79 Å². The zero-order chi connectivity index (χ0) is 13.7. The Morgan fingerprint density at radius 1 is 1.22 bits per heavy atom. The number of nitrogens with zero attached hydrogens (tertiary/aromatic N) is 2. The van der Waals surface area contributed by atoms with Crippen LogP contribution in [-0.2, 0) is 0 Å². The molecule has 3 nitrogen and oxygen atoms in total. The predicted octanol–water partition coefficient (Wildman–Crippen LogP) is 2.62. The Hall–Kier alpha value is -0.620. The van der Waals surface area contributed by atoms with Gasteiger partial charge in [-0.2, -0.15) is 0 Å². The van der Waals surface area contributed by atoms with Gasteiger partial charge in [0, 0.05) is 17.2 Å². The summed E-state index contributed by atoms with van der Waals surface area (Å²) in [5.41, 5.74) is 1.96. The van der Waals surface area contributed by atoms with Crippen LogP contribution in [0.3, 0.4) is 0 Å². The van der Waals surface area contributed by atoms with E-state index in [0.29, 0.717) is 0 Å². The maximum atomic E-state index is 12.3. The Morgan fingerprint density at radius 2 is 1.89 bits per heavy atom. The molecule has 0 atom stereocenters. The molecule has 0 saturated heterocycles. The number of hydrogen-bond acceptors (Lipinski definition) is 2. The van der Waals surface area contributed by atoms with Gasteiger partial charge >= 0.3 is 0 Å². The topological polar surface area (TPSA) is 23.6 Å². The molecule has 1 rings (SSSR count). The predicted molar refractivity (Wildman–Crippen MR) is 84.0 cm³/mol. The summed E-state index contributed by atoms with van der Waals surface area (Å²) in [6.45, 7) is 3.83. The molecule has 0 aromatic heterocycles. The van der Waals surface area contributed by atoms with Crippen molar-refractivity contribution in [2.75, 3.05) is 34.2 Å². The Kier molecular flexibility index (Phi) is 6.08. The highest BCUT2D eigenvalue weighted by molar-refractivity contribution is 14.1. The molecule has 0 saturated carbocycles. The summed E-state index contributed by atoms with van der Waals surface area (Å²) in [6.07, 6.45) is 0.998. The van der Waals surface area contributed by atoms with E-state index in [-0.39, 0.29) is 5.91 Å². The Morgan fingerprint density at radius 3 is 2.50 bits per heavy atom. The molecule has 0 aliphatic carbocycles. The van der Waals surface area contributed by atoms with Crippen molar-refractivity contribution in [1.29, 1.82) is 0 Å². The van der Waals surface area contributed by atoms with Gasteiger partial charge in [0.15, 0.2) is 0 Å². The van der Waals surface area contributed by atoms with Crippen molar-refractivity contribution in [2.45, 2.75) is 13.3 Å². The van der Waals surface area contributed by atoms with Crippen LogP contribution < -0.4 is 0 Å². The summed E-state index contributed by atoms with van der Waals surface area (Å²) in [5, 5.41) is 0. The van der Waals surface area contributed by atoms with Crippen molar-refractivity contribution in [2.24, 2.45) is 0 Å². The largest absolute Gasteiger partial charge is 0.342 e. The van der Waals surface area contributed by atoms with Crippen molar-refractivity contribution in [3.05, 3.63) is 32.9 Å². The summed E-state index contributed by atoms with van der Waals surface area (Å²) >= 11 is 2.25. The minimum Gasteiger partial charge on any atom is -0.342 e. The monoisotopic (exact) mass is 360 g/mol. The van der Waals surface area contributed by atoms with Gasteiger partial charge in [-0.05, 0) is 68.2 Å². The fourth-order valence-corrected chi connectivity index (χ4v) is 2.33. The molecule has 0 aliphatic heterocycles. The second-order valence-corrected chi connectivity index (χ2v) is 5.90. The molecule has 0 bridgehead atoms. The molecule has 18 heavy (non-hydrogen) atoms. The molecule has 0 aliphatic rings. The van der Waals surface area contributed by atoms with E-state index in [1.807, 2.05) is 46.3 Å². The summed E-state index contributed by atoms with van der Waals surface area (Å²) in [4.78, 5) is 16.2. The fraction of sp³-hybridized carbons (Fsp3) is 0.500. The first-order chi connectivity index (χ1) is 8.43. The van der Waals surface area contributed by atoms with Crippen LogP contribution in [0.5, 0.6) is 0 Å². The number of aryl methyl sites for hydroxylation is 1. The molecular formula is C14H21IN2O. The van der Waals surface area contributed by atoms with E-state index in [1.54, 1.807) is 4.90 Å². The standard InChI is InChI=1S/C14H21IN2O/c1-11-7-5-8-12(13(11)15)14(18)17(4)10-6-9-16(2)3/h5,7-8H,6,9-10H2,1-4H3. The van der Waals surface area contributed by atoms with Crippen LogP contribution in [0.15, 0.2) is 18.2 Å². The average molecular weight is 360 g/mol. The molecule has 0 fully saturated rings. The van der Waals surface area contributed by atoms with E-state index in [4.69, 9.17) is 0 Å². The van der Waals surface area contributed by atoms with Gasteiger partial charge in [0.2, 0.25) is 0 Å². The average Bonchev–Trinajstić information content (AvgIpc) is 2.31.